The third kappa shape index (κ3) is 2.97. The molecule has 0 saturated heterocycles. The van der Waals surface area contributed by atoms with Crippen LogP contribution < -0.4 is 0 Å². The summed E-state index contributed by atoms with van der Waals surface area (Å²) in [6.07, 6.45) is 5.35. The van der Waals surface area contributed by atoms with Gasteiger partial charge in [-0.2, -0.15) is 11.3 Å². The van der Waals surface area contributed by atoms with Crippen LogP contribution in [0, 0.1) is 11.8 Å². The quantitative estimate of drug-likeness (QED) is 0.852. The number of thiophene rings is 1. The first-order valence-electron chi connectivity index (χ1n) is 6.57. The molecule has 18 heavy (non-hydrogen) atoms. The number of carbonyl (C=O) groups is 1. The van der Waals surface area contributed by atoms with Gasteiger partial charge >= 0.3 is 5.97 Å². The zero-order valence-electron chi connectivity index (χ0n) is 10.6. The first kappa shape index (κ1) is 14.1. The minimum absolute atomic E-state index is 0.188. The van der Waals surface area contributed by atoms with E-state index < -0.39 is 5.97 Å². The topological polar surface area (TPSA) is 37.3 Å². The molecule has 0 amide bonds. The lowest BCUT2D eigenvalue weighted by Gasteiger charge is -2.34. The van der Waals surface area contributed by atoms with E-state index in [9.17, 15) is 9.90 Å². The standard InChI is InChI=1S/C14H19BrO2S/c1-2-3-9-4-5-10(14(16)17)11(6-9)12-7-18-8-13(12)15/h7-11H,2-6H2,1H3,(H,16,17). The minimum atomic E-state index is -0.631. The molecule has 0 aliphatic heterocycles. The van der Waals surface area contributed by atoms with E-state index in [1.807, 2.05) is 0 Å². The summed E-state index contributed by atoms with van der Waals surface area (Å²) in [4.78, 5) is 11.4. The normalized spacial score (nSPS) is 28.2. The molecule has 1 heterocycles. The van der Waals surface area contributed by atoms with Gasteiger partial charge in [0.2, 0.25) is 0 Å². The predicted molar refractivity (Wildman–Crippen MR) is 78.1 cm³/mol. The predicted octanol–water partition coefficient (Wildman–Crippen LogP) is 4.90. The van der Waals surface area contributed by atoms with E-state index in [0.29, 0.717) is 5.92 Å². The molecule has 0 bridgehead atoms. The van der Waals surface area contributed by atoms with Gasteiger partial charge in [-0.1, -0.05) is 19.8 Å². The third-order valence-corrected chi connectivity index (χ3v) is 5.77. The van der Waals surface area contributed by atoms with E-state index in [4.69, 9.17) is 0 Å². The molecule has 3 atom stereocenters. The molecule has 1 aliphatic carbocycles. The van der Waals surface area contributed by atoms with E-state index in [1.165, 1.54) is 18.4 Å². The smallest absolute Gasteiger partial charge is 0.307 e. The third-order valence-electron chi connectivity index (χ3n) is 4.01. The molecule has 1 saturated carbocycles. The van der Waals surface area contributed by atoms with Crippen LogP contribution in [0.3, 0.4) is 0 Å². The molecule has 0 radical (unpaired) electrons. The Morgan fingerprint density at radius 2 is 2.28 bits per heavy atom. The maximum atomic E-state index is 11.4. The van der Waals surface area contributed by atoms with Gasteiger partial charge in [0.25, 0.3) is 0 Å². The van der Waals surface area contributed by atoms with Crippen molar-refractivity contribution in [2.24, 2.45) is 11.8 Å². The molecular formula is C14H19BrO2S. The Balaban J connectivity index is 2.20. The Labute approximate surface area is 121 Å². The average Bonchev–Trinajstić information content (AvgIpc) is 2.75. The van der Waals surface area contributed by atoms with Gasteiger partial charge in [0, 0.05) is 9.85 Å². The fourth-order valence-corrected chi connectivity index (χ4v) is 4.78. The van der Waals surface area contributed by atoms with Crippen molar-refractivity contribution >= 4 is 33.2 Å². The number of aliphatic carboxylic acids is 1. The fourth-order valence-electron chi connectivity index (χ4n) is 3.12. The molecule has 100 valence electrons. The lowest BCUT2D eigenvalue weighted by atomic mass is 9.70. The zero-order chi connectivity index (χ0) is 13.1. The minimum Gasteiger partial charge on any atom is -0.481 e. The molecule has 0 aromatic carbocycles. The Morgan fingerprint density at radius 3 is 2.83 bits per heavy atom. The number of halogens is 1. The average molecular weight is 331 g/mol. The van der Waals surface area contributed by atoms with Gasteiger partial charge in [-0.3, -0.25) is 4.79 Å². The second kappa shape index (κ2) is 6.20. The summed E-state index contributed by atoms with van der Waals surface area (Å²) >= 11 is 5.20. The van der Waals surface area contributed by atoms with Crippen LogP contribution in [0.1, 0.15) is 50.5 Å². The lowest BCUT2D eigenvalue weighted by Crippen LogP contribution is -2.29. The molecular weight excluding hydrogens is 312 g/mol. The summed E-state index contributed by atoms with van der Waals surface area (Å²) in [7, 11) is 0. The molecule has 1 aromatic rings. The first-order chi connectivity index (χ1) is 8.63. The number of hydrogen-bond acceptors (Lipinski definition) is 2. The fraction of sp³-hybridized carbons (Fsp3) is 0.643. The summed E-state index contributed by atoms with van der Waals surface area (Å²) in [6, 6.07) is 0. The van der Waals surface area contributed by atoms with E-state index in [0.717, 1.165) is 23.7 Å². The monoisotopic (exact) mass is 330 g/mol. The van der Waals surface area contributed by atoms with E-state index in [-0.39, 0.29) is 11.8 Å². The van der Waals surface area contributed by atoms with Gasteiger partial charge in [0.15, 0.2) is 0 Å². The van der Waals surface area contributed by atoms with Gasteiger partial charge in [-0.05, 0) is 58.0 Å². The summed E-state index contributed by atoms with van der Waals surface area (Å²) in [5, 5.41) is 13.6. The van der Waals surface area contributed by atoms with Crippen molar-refractivity contribution in [3.8, 4) is 0 Å². The van der Waals surface area contributed by atoms with Crippen molar-refractivity contribution in [1.29, 1.82) is 0 Å². The van der Waals surface area contributed by atoms with Crippen LogP contribution in [0.4, 0.5) is 0 Å². The SMILES string of the molecule is CCCC1CCC(C(=O)O)C(c2cscc2Br)C1. The number of carboxylic acids is 1. The van der Waals surface area contributed by atoms with Gasteiger partial charge < -0.3 is 5.11 Å². The highest BCUT2D eigenvalue weighted by molar-refractivity contribution is 9.10. The van der Waals surface area contributed by atoms with E-state index >= 15 is 0 Å². The van der Waals surface area contributed by atoms with Crippen molar-refractivity contribution in [2.75, 3.05) is 0 Å². The van der Waals surface area contributed by atoms with Crippen molar-refractivity contribution in [2.45, 2.75) is 44.9 Å². The van der Waals surface area contributed by atoms with Crippen LogP contribution in [0.15, 0.2) is 15.2 Å². The molecule has 3 unspecified atom stereocenters. The van der Waals surface area contributed by atoms with E-state index in [1.54, 1.807) is 11.3 Å². The summed E-state index contributed by atoms with van der Waals surface area (Å²) < 4.78 is 1.08. The molecule has 4 heteroatoms. The van der Waals surface area contributed by atoms with Crippen LogP contribution in [0.2, 0.25) is 0 Å². The molecule has 2 nitrogen and oxygen atoms in total. The number of carboxylic acid groups (broad SMARTS) is 1. The van der Waals surface area contributed by atoms with Crippen LogP contribution >= 0.6 is 27.3 Å². The maximum Gasteiger partial charge on any atom is 0.307 e. The number of hydrogen-bond donors (Lipinski definition) is 1. The highest BCUT2D eigenvalue weighted by Crippen LogP contribution is 2.45. The van der Waals surface area contributed by atoms with Crippen molar-refractivity contribution in [3.05, 3.63) is 20.8 Å². The van der Waals surface area contributed by atoms with Gasteiger partial charge in [0.05, 0.1) is 5.92 Å². The van der Waals surface area contributed by atoms with Crippen molar-refractivity contribution in [1.82, 2.24) is 0 Å². The molecule has 0 spiro atoms. The van der Waals surface area contributed by atoms with Crippen molar-refractivity contribution in [3.63, 3.8) is 0 Å². The largest absolute Gasteiger partial charge is 0.481 e. The Kier molecular flexibility index (Phi) is 4.84. The Bertz CT molecular complexity index is 416. The molecule has 1 N–H and O–H groups in total. The van der Waals surface area contributed by atoms with Gasteiger partial charge in [-0.25, -0.2) is 0 Å². The second-order valence-electron chi connectivity index (χ2n) is 5.19. The maximum absolute atomic E-state index is 11.4. The van der Waals surface area contributed by atoms with Gasteiger partial charge in [0.1, 0.15) is 0 Å². The van der Waals surface area contributed by atoms with Crippen molar-refractivity contribution < 1.29 is 9.90 Å². The summed E-state index contributed by atoms with van der Waals surface area (Å²) in [5.41, 5.74) is 1.20. The van der Waals surface area contributed by atoms with Crippen LogP contribution in [-0.4, -0.2) is 11.1 Å². The Morgan fingerprint density at radius 1 is 1.50 bits per heavy atom. The molecule has 2 rings (SSSR count). The highest BCUT2D eigenvalue weighted by atomic mass is 79.9. The molecule has 1 fully saturated rings. The summed E-state index contributed by atoms with van der Waals surface area (Å²) in [5.74, 6) is 0.0490. The summed E-state index contributed by atoms with van der Waals surface area (Å²) in [6.45, 7) is 2.21. The lowest BCUT2D eigenvalue weighted by molar-refractivity contribution is -0.143. The highest BCUT2D eigenvalue weighted by Gasteiger charge is 2.36. The number of rotatable bonds is 4. The van der Waals surface area contributed by atoms with Gasteiger partial charge in [-0.15, -0.1) is 0 Å². The van der Waals surface area contributed by atoms with Crippen LogP contribution in [-0.2, 0) is 4.79 Å². The first-order valence-corrected chi connectivity index (χ1v) is 8.31. The Hall–Kier alpha value is -0.350. The molecule has 1 aromatic heterocycles. The van der Waals surface area contributed by atoms with E-state index in [2.05, 4.69) is 33.6 Å². The molecule has 1 aliphatic rings. The van der Waals surface area contributed by atoms with Crippen LogP contribution in [0.5, 0.6) is 0 Å². The second-order valence-corrected chi connectivity index (χ2v) is 6.79. The zero-order valence-corrected chi connectivity index (χ0v) is 13.0. The van der Waals surface area contributed by atoms with Crippen LogP contribution in [0.25, 0.3) is 0 Å².